The van der Waals surface area contributed by atoms with Crippen molar-refractivity contribution in [2.24, 2.45) is 0 Å². The molecule has 1 aliphatic heterocycles. The fourth-order valence-corrected chi connectivity index (χ4v) is 5.75. The molecule has 1 fully saturated rings. The van der Waals surface area contributed by atoms with Crippen molar-refractivity contribution in [1.82, 2.24) is 14.5 Å². The zero-order chi connectivity index (χ0) is 23.3. The van der Waals surface area contributed by atoms with E-state index in [9.17, 15) is 13.2 Å². The number of aryl methyl sites for hydroxylation is 1. The van der Waals surface area contributed by atoms with E-state index in [0.717, 1.165) is 48.7 Å². The minimum atomic E-state index is -3.56. The monoisotopic (exact) mass is 486 g/mol. The maximum absolute atomic E-state index is 13.0. The summed E-state index contributed by atoms with van der Waals surface area (Å²) >= 11 is 1.13. The molecular weight excluding hydrogens is 460 g/mol. The number of rotatable bonds is 8. The zero-order valence-corrected chi connectivity index (χ0v) is 20.0. The Balaban J connectivity index is 1.40. The number of carbonyl (C=O) groups excluding carboxylic acids is 1. The summed E-state index contributed by atoms with van der Waals surface area (Å²) in [5.74, 6) is 0.147. The molecule has 1 N–H and O–H groups in total. The third-order valence-corrected chi connectivity index (χ3v) is 8.10. The lowest BCUT2D eigenvalue weighted by molar-refractivity contribution is -0.113. The van der Waals surface area contributed by atoms with Gasteiger partial charge in [-0.05, 0) is 55.2 Å². The second-order valence-electron chi connectivity index (χ2n) is 7.76. The quantitative estimate of drug-likeness (QED) is 0.476. The van der Waals surface area contributed by atoms with Crippen LogP contribution in [0, 0.1) is 0 Å². The highest BCUT2D eigenvalue weighted by atomic mass is 32.2. The third-order valence-electron chi connectivity index (χ3n) is 5.39. The number of sulfonamides is 1. The summed E-state index contributed by atoms with van der Waals surface area (Å²) in [5.41, 5.74) is 2.41. The van der Waals surface area contributed by atoms with Crippen LogP contribution in [0.5, 0.6) is 0 Å². The molecular formula is C23H26N4O4S2. The van der Waals surface area contributed by atoms with Crippen molar-refractivity contribution in [1.29, 1.82) is 0 Å². The third kappa shape index (κ3) is 5.82. The smallest absolute Gasteiger partial charge is 0.277 e. The highest BCUT2D eigenvalue weighted by Crippen LogP contribution is 2.27. The molecule has 8 nitrogen and oxygen atoms in total. The average molecular weight is 487 g/mol. The van der Waals surface area contributed by atoms with Crippen LogP contribution in [-0.2, 0) is 21.2 Å². The molecule has 0 aliphatic carbocycles. The standard InChI is InChI=1S/C23H26N4O4S2/c1-2-17-8-6-10-19(14-17)24-21(28)16-32-23-26-25-22(31-23)18-9-7-11-20(15-18)33(29,30)27-12-4-3-5-13-27/h6-11,14-15H,2-5,12-13,16H2,1H3,(H,24,28). The van der Waals surface area contributed by atoms with Gasteiger partial charge in [-0.1, -0.05) is 43.3 Å². The van der Waals surface area contributed by atoms with Gasteiger partial charge in [0.15, 0.2) is 0 Å². The Hall–Kier alpha value is -2.69. The number of piperidine rings is 1. The molecule has 174 valence electrons. The molecule has 0 radical (unpaired) electrons. The summed E-state index contributed by atoms with van der Waals surface area (Å²) in [4.78, 5) is 12.5. The van der Waals surface area contributed by atoms with Crippen molar-refractivity contribution in [2.75, 3.05) is 24.2 Å². The van der Waals surface area contributed by atoms with Crippen molar-refractivity contribution < 1.29 is 17.6 Å². The number of nitrogens with zero attached hydrogens (tertiary/aromatic N) is 3. The van der Waals surface area contributed by atoms with E-state index >= 15 is 0 Å². The van der Waals surface area contributed by atoms with Gasteiger partial charge in [0.25, 0.3) is 5.22 Å². The number of thioether (sulfide) groups is 1. The van der Waals surface area contributed by atoms with Crippen molar-refractivity contribution >= 4 is 33.4 Å². The van der Waals surface area contributed by atoms with Crippen molar-refractivity contribution in [2.45, 2.75) is 42.7 Å². The van der Waals surface area contributed by atoms with Gasteiger partial charge in [0.1, 0.15) is 0 Å². The van der Waals surface area contributed by atoms with Crippen LogP contribution in [-0.4, -0.2) is 47.7 Å². The summed E-state index contributed by atoms with van der Waals surface area (Å²) in [5, 5.41) is 11.1. The summed E-state index contributed by atoms with van der Waals surface area (Å²) in [6.07, 6.45) is 3.70. The van der Waals surface area contributed by atoms with Crippen LogP contribution in [0.3, 0.4) is 0 Å². The number of aromatic nitrogens is 2. The summed E-state index contributed by atoms with van der Waals surface area (Å²) in [6.45, 7) is 3.14. The number of carbonyl (C=O) groups is 1. The Morgan fingerprint density at radius 2 is 1.88 bits per heavy atom. The van der Waals surface area contributed by atoms with Gasteiger partial charge < -0.3 is 9.73 Å². The average Bonchev–Trinajstić information content (AvgIpc) is 3.33. The van der Waals surface area contributed by atoms with Gasteiger partial charge in [0, 0.05) is 24.3 Å². The summed E-state index contributed by atoms with van der Waals surface area (Å²) in [6, 6.07) is 14.2. The van der Waals surface area contributed by atoms with Gasteiger partial charge in [-0.15, -0.1) is 10.2 Å². The lowest BCUT2D eigenvalue weighted by Crippen LogP contribution is -2.35. The van der Waals surface area contributed by atoms with Crippen LogP contribution in [0.2, 0.25) is 0 Å². The van der Waals surface area contributed by atoms with Crippen LogP contribution >= 0.6 is 11.8 Å². The van der Waals surface area contributed by atoms with E-state index < -0.39 is 10.0 Å². The molecule has 0 saturated carbocycles. The zero-order valence-electron chi connectivity index (χ0n) is 18.4. The molecule has 0 bridgehead atoms. The molecule has 2 aromatic carbocycles. The van der Waals surface area contributed by atoms with E-state index in [1.54, 1.807) is 24.3 Å². The lowest BCUT2D eigenvalue weighted by atomic mass is 10.1. The van der Waals surface area contributed by atoms with E-state index in [2.05, 4.69) is 22.4 Å². The minimum absolute atomic E-state index is 0.112. The van der Waals surface area contributed by atoms with E-state index in [4.69, 9.17) is 4.42 Å². The molecule has 4 rings (SSSR count). The highest BCUT2D eigenvalue weighted by molar-refractivity contribution is 7.99. The molecule has 0 spiro atoms. The Morgan fingerprint density at radius 1 is 1.09 bits per heavy atom. The molecule has 2 heterocycles. The molecule has 33 heavy (non-hydrogen) atoms. The second kappa shape index (κ2) is 10.5. The van der Waals surface area contributed by atoms with Crippen molar-refractivity contribution in [3.05, 3.63) is 54.1 Å². The Kier molecular flexibility index (Phi) is 7.46. The van der Waals surface area contributed by atoms with Gasteiger partial charge in [-0.25, -0.2) is 8.42 Å². The van der Waals surface area contributed by atoms with Crippen molar-refractivity contribution in [3.63, 3.8) is 0 Å². The first kappa shape index (κ1) is 23.5. The number of anilines is 1. The number of amides is 1. The van der Waals surface area contributed by atoms with Gasteiger partial charge in [0.2, 0.25) is 21.8 Å². The van der Waals surface area contributed by atoms with E-state index in [0.29, 0.717) is 18.7 Å². The van der Waals surface area contributed by atoms with Gasteiger partial charge in [0.05, 0.1) is 10.6 Å². The molecule has 0 atom stereocenters. The highest BCUT2D eigenvalue weighted by Gasteiger charge is 2.26. The maximum atomic E-state index is 13.0. The molecule has 3 aromatic rings. The predicted octanol–water partition coefficient (Wildman–Crippen LogP) is 4.20. The fraction of sp³-hybridized carbons (Fsp3) is 0.348. The SMILES string of the molecule is CCc1cccc(NC(=O)CSc2nnc(-c3cccc(S(=O)(=O)N4CCCCC4)c3)o2)c1. The number of nitrogens with one attached hydrogen (secondary N) is 1. The Labute approximate surface area is 197 Å². The molecule has 1 amide bonds. The molecule has 1 aromatic heterocycles. The Morgan fingerprint density at radius 3 is 2.67 bits per heavy atom. The molecule has 0 unspecified atom stereocenters. The fourth-order valence-electron chi connectivity index (χ4n) is 3.62. The number of hydrogen-bond acceptors (Lipinski definition) is 7. The lowest BCUT2D eigenvalue weighted by Gasteiger charge is -2.25. The van der Waals surface area contributed by atoms with Crippen LogP contribution in [0.25, 0.3) is 11.5 Å². The van der Waals surface area contributed by atoms with Gasteiger partial charge >= 0.3 is 0 Å². The minimum Gasteiger partial charge on any atom is -0.411 e. The van der Waals surface area contributed by atoms with Crippen LogP contribution in [0.4, 0.5) is 5.69 Å². The Bertz CT molecular complexity index is 1220. The topological polar surface area (TPSA) is 105 Å². The van der Waals surface area contributed by atoms with Gasteiger partial charge in [-0.2, -0.15) is 4.31 Å². The summed E-state index contributed by atoms with van der Waals surface area (Å²) in [7, 11) is -3.56. The van der Waals surface area contributed by atoms with Gasteiger partial charge in [-0.3, -0.25) is 4.79 Å². The molecule has 1 aliphatic rings. The van der Waals surface area contributed by atoms with Crippen molar-refractivity contribution in [3.8, 4) is 11.5 Å². The number of hydrogen-bond donors (Lipinski definition) is 1. The van der Waals surface area contributed by atoms with Crippen LogP contribution in [0.1, 0.15) is 31.7 Å². The number of benzene rings is 2. The predicted molar refractivity (Wildman–Crippen MR) is 128 cm³/mol. The summed E-state index contributed by atoms with van der Waals surface area (Å²) < 4.78 is 33.1. The van der Waals surface area contributed by atoms with E-state index in [1.165, 1.54) is 4.31 Å². The second-order valence-corrected chi connectivity index (χ2v) is 10.6. The molecule has 10 heteroatoms. The largest absolute Gasteiger partial charge is 0.411 e. The maximum Gasteiger partial charge on any atom is 0.277 e. The van der Waals surface area contributed by atoms with Crippen LogP contribution in [0.15, 0.2) is 63.1 Å². The molecule has 1 saturated heterocycles. The first-order valence-corrected chi connectivity index (χ1v) is 13.3. The first-order chi connectivity index (χ1) is 16.0. The van der Waals surface area contributed by atoms with Crippen LogP contribution < -0.4 is 5.32 Å². The first-order valence-electron chi connectivity index (χ1n) is 10.9. The van der Waals surface area contributed by atoms with E-state index in [-0.39, 0.29) is 27.7 Å². The van der Waals surface area contributed by atoms with E-state index in [1.807, 2.05) is 24.3 Å². The normalized spacial score (nSPS) is 14.8.